The minimum absolute atomic E-state index is 0. The molecule has 1 fully saturated rings. The molecule has 0 saturated carbocycles. The lowest BCUT2D eigenvalue weighted by atomic mass is 10.0. The molecule has 1 atom stereocenters. The van der Waals surface area contributed by atoms with Gasteiger partial charge in [0, 0.05) is 41.4 Å². The van der Waals surface area contributed by atoms with E-state index in [2.05, 4.69) is 10.6 Å². The van der Waals surface area contributed by atoms with Crippen LogP contribution < -0.4 is 10.6 Å². The molecule has 2 N–H and O–H groups in total. The number of halogens is 1. The number of nitrogens with one attached hydrogen (secondary N) is 2. The zero-order valence-corrected chi connectivity index (χ0v) is 24.0. The molecule has 11 nitrogen and oxygen atoms in total. The lowest BCUT2D eigenvalue weighted by Crippen LogP contribution is -2.51. The molecule has 0 radical (unpaired) electrons. The fourth-order valence-corrected chi connectivity index (χ4v) is 5.98. The van der Waals surface area contributed by atoms with Crippen LogP contribution in [0.25, 0.3) is 0 Å². The number of hydrogen-bond acceptors (Lipinski definition) is 9. The van der Waals surface area contributed by atoms with Gasteiger partial charge in [-0.25, -0.2) is 0 Å². The lowest BCUT2D eigenvalue weighted by Gasteiger charge is -2.31. The summed E-state index contributed by atoms with van der Waals surface area (Å²) in [5.74, 6) is -0.882. The van der Waals surface area contributed by atoms with Gasteiger partial charge < -0.3 is 25.0 Å². The van der Waals surface area contributed by atoms with Crippen molar-refractivity contribution in [1.82, 2.24) is 15.5 Å². The standard InChI is InChI=1S/C27H34N4O7S.ClH/c1-2-37-26(33)15-22-14-19-16-30(12-9-24(19)39-22)27(34)23(13-18-3-5-20(6-4-18)31(35)36)29-25(32)17-38-21-7-10-28-11-8-21;/h3-6,14,21,23,28H,2,7-13,15-17H2,1H3,(H,29,32);1H/t23-;/m0./s1. The second-order valence-electron chi connectivity index (χ2n) is 9.66. The highest BCUT2D eigenvalue weighted by atomic mass is 35.5. The molecule has 2 aromatic rings. The van der Waals surface area contributed by atoms with Gasteiger partial charge >= 0.3 is 5.97 Å². The van der Waals surface area contributed by atoms with E-state index in [1.165, 1.54) is 12.1 Å². The topological polar surface area (TPSA) is 140 Å². The fraction of sp³-hybridized carbons (Fsp3) is 0.519. The van der Waals surface area contributed by atoms with Crippen molar-refractivity contribution < 1.29 is 28.8 Å². The van der Waals surface area contributed by atoms with Crippen molar-refractivity contribution in [3.05, 3.63) is 61.3 Å². The first-order chi connectivity index (χ1) is 18.8. The Balaban J connectivity index is 0.00000441. The van der Waals surface area contributed by atoms with Gasteiger partial charge in [0.2, 0.25) is 11.8 Å². The molecular formula is C27H35ClN4O7S. The van der Waals surface area contributed by atoms with E-state index in [9.17, 15) is 24.5 Å². The third kappa shape index (κ3) is 8.72. The van der Waals surface area contributed by atoms with Crippen molar-refractivity contribution in [2.45, 2.75) is 57.7 Å². The molecule has 40 heavy (non-hydrogen) atoms. The number of carbonyl (C=O) groups excluding carboxylic acids is 3. The number of amides is 2. The summed E-state index contributed by atoms with van der Waals surface area (Å²) in [6, 6.07) is 7.09. The first-order valence-corrected chi connectivity index (χ1v) is 14.0. The van der Waals surface area contributed by atoms with Crippen LogP contribution in [-0.2, 0) is 49.7 Å². The molecule has 13 heteroatoms. The van der Waals surface area contributed by atoms with Crippen LogP contribution in [0.4, 0.5) is 5.69 Å². The first-order valence-electron chi connectivity index (χ1n) is 13.2. The maximum Gasteiger partial charge on any atom is 0.311 e. The molecule has 218 valence electrons. The number of rotatable bonds is 11. The Morgan fingerprint density at radius 2 is 1.95 bits per heavy atom. The van der Waals surface area contributed by atoms with Crippen LogP contribution in [-0.4, -0.2) is 72.6 Å². The first kappa shape index (κ1) is 31.5. The number of nitro benzene ring substituents is 1. The molecule has 4 rings (SSSR count). The summed E-state index contributed by atoms with van der Waals surface area (Å²) in [6.07, 6.45) is 2.71. The van der Waals surface area contributed by atoms with Crippen LogP contribution in [0.3, 0.4) is 0 Å². The number of hydrogen-bond donors (Lipinski definition) is 2. The quantitative estimate of drug-likeness (QED) is 0.230. The van der Waals surface area contributed by atoms with Crippen LogP contribution in [0.1, 0.15) is 40.6 Å². The van der Waals surface area contributed by atoms with E-state index < -0.39 is 11.0 Å². The van der Waals surface area contributed by atoms with Crippen molar-refractivity contribution in [3.8, 4) is 0 Å². The predicted molar refractivity (Wildman–Crippen MR) is 152 cm³/mol. The number of thiophene rings is 1. The maximum absolute atomic E-state index is 13.7. The molecule has 2 aliphatic rings. The molecule has 1 aromatic carbocycles. The number of benzene rings is 1. The number of non-ortho nitro benzene ring substituents is 1. The molecule has 1 aromatic heterocycles. The Hall–Kier alpha value is -3.06. The van der Waals surface area contributed by atoms with Gasteiger partial charge in [-0.05, 0) is 56.5 Å². The molecule has 2 amide bonds. The Kier molecular flexibility index (Phi) is 11.9. The van der Waals surface area contributed by atoms with Gasteiger partial charge in [-0.15, -0.1) is 23.7 Å². The van der Waals surface area contributed by atoms with Gasteiger partial charge in [0.15, 0.2) is 0 Å². The molecule has 0 bridgehead atoms. The van der Waals surface area contributed by atoms with Gasteiger partial charge in [-0.1, -0.05) is 12.1 Å². The highest BCUT2D eigenvalue weighted by Gasteiger charge is 2.30. The smallest absolute Gasteiger partial charge is 0.311 e. The Morgan fingerprint density at radius 1 is 1.23 bits per heavy atom. The van der Waals surface area contributed by atoms with E-state index in [0.29, 0.717) is 31.7 Å². The SMILES string of the molecule is CCOC(=O)Cc1cc2c(s1)CCN(C(=O)[C@H](Cc1ccc([N+](=O)[O-])cc1)NC(=O)COC1CCNCC1)C2.Cl. The molecule has 2 aliphatic heterocycles. The Morgan fingerprint density at radius 3 is 2.62 bits per heavy atom. The summed E-state index contributed by atoms with van der Waals surface area (Å²) in [4.78, 5) is 52.7. The van der Waals surface area contributed by atoms with E-state index in [1.54, 1.807) is 35.3 Å². The number of nitro groups is 1. The molecule has 0 aliphatic carbocycles. The number of piperidine rings is 1. The number of ether oxygens (including phenoxy) is 2. The summed E-state index contributed by atoms with van der Waals surface area (Å²) in [5, 5.41) is 17.1. The number of fused-ring (bicyclic) bond motifs is 1. The normalized spacial score (nSPS) is 15.9. The van der Waals surface area contributed by atoms with Crippen molar-refractivity contribution >= 4 is 47.2 Å². The third-order valence-corrected chi connectivity index (χ3v) is 8.05. The van der Waals surface area contributed by atoms with Crippen molar-refractivity contribution in [3.63, 3.8) is 0 Å². The molecule has 1 saturated heterocycles. The number of nitrogens with zero attached hydrogens (tertiary/aromatic N) is 2. The van der Waals surface area contributed by atoms with Crippen molar-refractivity contribution in [2.24, 2.45) is 0 Å². The maximum atomic E-state index is 13.7. The van der Waals surface area contributed by atoms with Gasteiger partial charge in [0.25, 0.3) is 5.69 Å². The van der Waals surface area contributed by atoms with Gasteiger partial charge in [-0.3, -0.25) is 24.5 Å². The average Bonchev–Trinajstić information content (AvgIpc) is 3.33. The molecule has 0 unspecified atom stereocenters. The van der Waals surface area contributed by atoms with Crippen molar-refractivity contribution in [1.29, 1.82) is 0 Å². The van der Waals surface area contributed by atoms with E-state index in [-0.39, 0.29) is 61.4 Å². The fourth-order valence-electron chi connectivity index (χ4n) is 4.83. The number of esters is 1. The monoisotopic (exact) mass is 594 g/mol. The van der Waals surface area contributed by atoms with Crippen LogP contribution in [0.2, 0.25) is 0 Å². The number of carbonyl (C=O) groups is 3. The molecular weight excluding hydrogens is 560 g/mol. The van der Waals surface area contributed by atoms with Gasteiger partial charge in [0.1, 0.15) is 12.6 Å². The van der Waals surface area contributed by atoms with Crippen LogP contribution >= 0.6 is 23.7 Å². The lowest BCUT2D eigenvalue weighted by molar-refractivity contribution is -0.384. The zero-order valence-electron chi connectivity index (χ0n) is 22.4. The average molecular weight is 595 g/mol. The van der Waals surface area contributed by atoms with Crippen molar-refractivity contribution in [2.75, 3.05) is 32.8 Å². The van der Waals surface area contributed by atoms with Crippen LogP contribution in [0, 0.1) is 10.1 Å². The van der Waals surface area contributed by atoms with E-state index >= 15 is 0 Å². The Labute approximate surface area is 243 Å². The van der Waals surface area contributed by atoms with E-state index in [0.717, 1.165) is 41.2 Å². The second-order valence-corrected chi connectivity index (χ2v) is 10.9. The molecule has 0 spiro atoms. The largest absolute Gasteiger partial charge is 0.466 e. The summed E-state index contributed by atoms with van der Waals surface area (Å²) in [5.41, 5.74) is 1.65. The van der Waals surface area contributed by atoms with E-state index in [1.807, 2.05) is 6.07 Å². The highest BCUT2D eigenvalue weighted by molar-refractivity contribution is 7.12. The summed E-state index contributed by atoms with van der Waals surface area (Å²) in [7, 11) is 0. The van der Waals surface area contributed by atoms with Crippen LogP contribution in [0.5, 0.6) is 0 Å². The minimum Gasteiger partial charge on any atom is -0.466 e. The summed E-state index contributed by atoms with van der Waals surface area (Å²) >= 11 is 1.56. The predicted octanol–water partition coefficient (Wildman–Crippen LogP) is 2.56. The Bertz CT molecular complexity index is 1180. The van der Waals surface area contributed by atoms with Gasteiger partial charge in [0.05, 0.1) is 24.1 Å². The van der Waals surface area contributed by atoms with E-state index in [4.69, 9.17) is 9.47 Å². The summed E-state index contributed by atoms with van der Waals surface area (Å²) in [6.45, 7) is 4.52. The van der Waals surface area contributed by atoms with Gasteiger partial charge in [-0.2, -0.15) is 0 Å². The molecule has 3 heterocycles. The second kappa shape index (κ2) is 15.1. The zero-order chi connectivity index (χ0) is 27.8. The highest BCUT2D eigenvalue weighted by Crippen LogP contribution is 2.29. The third-order valence-electron chi connectivity index (χ3n) is 6.81. The van der Waals surface area contributed by atoms with Crippen LogP contribution in [0.15, 0.2) is 30.3 Å². The summed E-state index contributed by atoms with van der Waals surface area (Å²) < 4.78 is 10.8. The minimum atomic E-state index is -0.852.